The lowest BCUT2D eigenvalue weighted by molar-refractivity contribution is -0.113. The molecule has 0 radical (unpaired) electrons. The van der Waals surface area contributed by atoms with E-state index in [-0.39, 0.29) is 18.3 Å². The van der Waals surface area contributed by atoms with Crippen LogP contribution >= 0.6 is 23.4 Å². The Morgan fingerprint density at radius 1 is 1.22 bits per heavy atom. The molecule has 0 aliphatic carbocycles. The summed E-state index contributed by atoms with van der Waals surface area (Å²) < 4.78 is 11.0. The second kappa shape index (κ2) is 9.43. The Labute approximate surface area is 166 Å². The molecule has 0 aliphatic heterocycles. The summed E-state index contributed by atoms with van der Waals surface area (Å²) in [6.07, 6.45) is 0.918. The van der Waals surface area contributed by atoms with Gasteiger partial charge in [-0.25, -0.2) is 0 Å². The third-order valence-electron chi connectivity index (χ3n) is 3.57. The lowest BCUT2D eigenvalue weighted by Gasteiger charge is -2.05. The minimum Gasteiger partial charge on any atom is -0.484 e. The molecule has 2 aromatic carbocycles. The van der Waals surface area contributed by atoms with Crippen molar-refractivity contribution < 1.29 is 13.9 Å². The molecule has 140 valence electrons. The summed E-state index contributed by atoms with van der Waals surface area (Å²) in [4.78, 5) is 12.1. The SMILES string of the molecule is CCc1cccc(NC(=O)CSc2nnc(COc3ccc(Cl)cc3)o2)c1. The van der Waals surface area contributed by atoms with E-state index in [9.17, 15) is 4.79 Å². The number of rotatable bonds is 8. The van der Waals surface area contributed by atoms with Crippen molar-refractivity contribution in [2.75, 3.05) is 11.1 Å². The first-order chi connectivity index (χ1) is 13.1. The number of thioether (sulfide) groups is 1. The Balaban J connectivity index is 1.45. The molecule has 0 saturated carbocycles. The smallest absolute Gasteiger partial charge is 0.277 e. The predicted molar refractivity (Wildman–Crippen MR) is 105 cm³/mol. The maximum atomic E-state index is 12.1. The maximum absolute atomic E-state index is 12.1. The number of carbonyl (C=O) groups is 1. The van der Waals surface area contributed by atoms with Gasteiger partial charge in [-0.3, -0.25) is 4.79 Å². The highest BCUT2D eigenvalue weighted by atomic mass is 35.5. The van der Waals surface area contributed by atoms with Crippen LogP contribution in [0.15, 0.2) is 58.2 Å². The number of hydrogen-bond donors (Lipinski definition) is 1. The normalized spacial score (nSPS) is 10.6. The standard InChI is InChI=1S/C19H18ClN3O3S/c1-2-13-4-3-5-15(10-13)21-17(24)12-27-19-23-22-18(26-19)11-25-16-8-6-14(20)7-9-16/h3-10H,2,11-12H2,1H3,(H,21,24). The zero-order valence-corrected chi connectivity index (χ0v) is 16.2. The highest BCUT2D eigenvalue weighted by Crippen LogP contribution is 2.20. The van der Waals surface area contributed by atoms with Crippen molar-refractivity contribution in [3.8, 4) is 5.75 Å². The summed E-state index contributed by atoms with van der Waals surface area (Å²) in [5, 5.41) is 11.6. The van der Waals surface area contributed by atoms with Crippen molar-refractivity contribution in [3.63, 3.8) is 0 Å². The average molecular weight is 404 g/mol. The van der Waals surface area contributed by atoms with Crippen LogP contribution in [0.1, 0.15) is 18.4 Å². The highest BCUT2D eigenvalue weighted by Gasteiger charge is 2.11. The molecular formula is C19H18ClN3O3S. The lowest BCUT2D eigenvalue weighted by atomic mass is 10.1. The second-order valence-corrected chi connectivity index (χ2v) is 6.96. The Bertz CT molecular complexity index is 899. The van der Waals surface area contributed by atoms with Crippen LogP contribution in [-0.2, 0) is 17.8 Å². The number of ether oxygens (including phenoxy) is 1. The van der Waals surface area contributed by atoms with Crippen LogP contribution in [0, 0.1) is 0 Å². The first kappa shape index (κ1) is 19.3. The molecule has 6 nitrogen and oxygen atoms in total. The first-order valence-corrected chi connectivity index (χ1v) is 9.71. The van der Waals surface area contributed by atoms with Gasteiger partial charge in [0.15, 0.2) is 6.61 Å². The Morgan fingerprint density at radius 2 is 2.04 bits per heavy atom. The minimum atomic E-state index is -0.134. The van der Waals surface area contributed by atoms with Crippen molar-refractivity contribution in [3.05, 3.63) is 65.0 Å². The van der Waals surface area contributed by atoms with Gasteiger partial charge in [0.05, 0.1) is 5.75 Å². The molecule has 0 aliphatic rings. The molecule has 0 bridgehead atoms. The van der Waals surface area contributed by atoms with Crippen LogP contribution in [0.3, 0.4) is 0 Å². The minimum absolute atomic E-state index is 0.134. The molecule has 0 saturated heterocycles. The van der Waals surface area contributed by atoms with E-state index >= 15 is 0 Å². The number of nitrogens with one attached hydrogen (secondary N) is 1. The molecule has 3 rings (SSSR count). The fourth-order valence-corrected chi connectivity index (χ4v) is 2.93. The van der Waals surface area contributed by atoms with Gasteiger partial charge in [0.2, 0.25) is 5.91 Å². The topological polar surface area (TPSA) is 77.2 Å². The van der Waals surface area contributed by atoms with E-state index in [1.165, 1.54) is 17.3 Å². The molecule has 8 heteroatoms. The Morgan fingerprint density at radius 3 is 2.81 bits per heavy atom. The largest absolute Gasteiger partial charge is 0.484 e. The molecular weight excluding hydrogens is 386 g/mol. The van der Waals surface area contributed by atoms with Gasteiger partial charge in [0.1, 0.15) is 5.75 Å². The molecule has 1 aromatic heterocycles. The molecule has 3 aromatic rings. The van der Waals surface area contributed by atoms with Gasteiger partial charge >= 0.3 is 0 Å². The zero-order valence-electron chi connectivity index (χ0n) is 14.6. The number of anilines is 1. The van der Waals surface area contributed by atoms with E-state index in [0.29, 0.717) is 21.9 Å². The third kappa shape index (κ3) is 6.01. The summed E-state index contributed by atoms with van der Waals surface area (Å²) in [6.45, 7) is 2.21. The molecule has 0 atom stereocenters. The van der Waals surface area contributed by atoms with Gasteiger partial charge in [0, 0.05) is 10.7 Å². The summed E-state index contributed by atoms with van der Waals surface area (Å²) in [5.41, 5.74) is 1.95. The van der Waals surface area contributed by atoms with Gasteiger partial charge in [-0.05, 0) is 48.4 Å². The van der Waals surface area contributed by atoms with E-state index in [1.807, 2.05) is 24.3 Å². The molecule has 1 N–H and O–H groups in total. The Hall–Kier alpha value is -2.51. The van der Waals surface area contributed by atoms with Crippen molar-refractivity contribution >= 4 is 35.0 Å². The van der Waals surface area contributed by atoms with E-state index in [0.717, 1.165) is 12.1 Å². The number of amides is 1. The molecule has 27 heavy (non-hydrogen) atoms. The summed E-state index contributed by atoms with van der Waals surface area (Å²) in [6, 6.07) is 14.8. The van der Waals surface area contributed by atoms with Crippen molar-refractivity contribution in [1.29, 1.82) is 0 Å². The van der Waals surface area contributed by atoms with E-state index < -0.39 is 0 Å². The van der Waals surface area contributed by atoms with Gasteiger partial charge in [0.25, 0.3) is 11.1 Å². The maximum Gasteiger partial charge on any atom is 0.277 e. The monoisotopic (exact) mass is 403 g/mol. The molecule has 1 amide bonds. The van der Waals surface area contributed by atoms with Gasteiger partial charge < -0.3 is 14.5 Å². The van der Waals surface area contributed by atoms with Crippen LogP contribution in [-0.4, -0.2) is 21.9 Å². The number of nitrogens with zero attached hydrogens (tertiary/aromatic N) is 2. The van der Waals surface area contributed by atoms with Crippen molar-refractivity contribution in [2.45, 2.75) is 25.2 Å². The first-order valence-electron chi connectivity index (χ1n) is 8.34. The lowest BCUT2D eigenvalue weighted by Crippen LogP contribution is -2.14. The van der Waals surface area contributed by atoms with Gasteiger partial charge in [-0.1, -0.05) is 42.4 Å². The van der Waals surface area contributed by atoms with Crippen LogP contribution < -0.4 is 10.1 Å². The van der Waals surface area contributed by atoms with Crippen LogP contribution in [0.4, 0.5) is 5.69 Å². The van der Waals surface area contributed by atoms with Gasteiger partial charge in [-0.15, -0.1) is 10.2 Å². The van der Waals surface area contributed by atoms with Crippen molar-refractivity contribution in [1.82, 2.24) is 10.2 Å². The average Bonchev–Trinajstić information content (AvgIpc) is 3.14. The molecule has 0 fully saturated rings. The second-order valence-electron chi connectivity index (χ2n) is 5.60. The molecule has 0 unspecified atom stereocenters. The fourth-order valence-electron chi connectivity index (χ4n) is 2.22. The quantitative estimate of drug-likeness (QED) is 0.554. The highest BCUT2D eigenvalue weighted by molar-refractivity contribution is 7.99. The number of halogens is 1. The molecule has 1 heterocycles. The molecule has 0 spiro atoms. The van der Waals surface area contributed by atoms with Crippen molar-refractivity contribution in [2.24, 2.45) is 0 Å². The van der Waals surface area contributed by atoms with E-state index in [4.69, 9.17) is 20.8 Å². The Kier molecular flexibility index (Phi) is 6.73. The zero-order chi connectivity index (χ0) is 19.1. The predicted octanol–water partition coefficient (Wildman–Crippen LogP) is 4.60. The van der Waals surface area contributed by atoms with E-state index in [2.05, 4.69) is 22.4 Å². The summed E-state index contributed by atoms with van der Waals surface area (Å²) in [5.74, 6) is 1.03. The third-order valence-corrected chi connectivity index (χ3v) is 4.64. The van der Waals surface area contributed by atoms with Crippen LogP contribution in [0.2, 0.25) is 5.02 Å². The summed E-state index contributed by atoms with van der Waals surface area (Å²) in [7, 11) is 0. The van der Waals surface area contributed by atoms with Gasteiger partial charge in [-0.2, -0.15) is 0 Å². The summed E-state index contributed by atoms with van der Waals surface area (Å²) >= 11 is 7.00. The number of aryl methyl sites for hydroxylation is 1. The number of aromatic nitrogens is 2. The van der Waals surface area contributed by atoms with Crippen LogP contribution in [0.25, 0.3) is 0 Å². The van der Waals surface area contributed by atoms with E-state index in [1.54, 1.807) is 24.3 Å². The number of benzene rings is 2. The number of hydrogen-bond acceptors (Lipinski definition) is 6. The number of carbonyl (C=O) groups excluding carboxylic acids is 1. The fraction of sp³-hybridized carbons (Fsp3) is 0.211. The van der Waals surface area contributed by atoms with Crippen LogP contribution in [0.5, 0.6) is 5.75 Å².